The summed E-state index contributed by atoms with van der Waals surface area (Å²) < 4.78 is 21.6. The Bertz CT molecular complexity index is 2190. The van der Waals surface area contributed by atoms with Crippen molar-refractivity contribution in [3.63, 3.8) is 0 Å². The molecule has 12 nitrogen and oxygen atoms in total. The highest BCUT2D eigenvalue weighted by Crippen LogP contribution is 2.37. The standard InChI is InChI=1S/C47H50N4O8/c1-3-4-18-39(48-29-14-13-22-41(46(54)56-2)49-47(55)59-33-34-15-7-5-8-16-34)32-42(52)36-23-25-37(26-24-36)45(53)58-31-30-57-43-28-27-35-17-11-12-21-40(35)44(43)51-50-38-19-9-6-10-20-38/h5-12,15-17,19-21,23-28,32,41,48H,3-4,13-14,18,22,29-31,33H2,1-2H3,(H,49,55)/b39-32-,51-50?/t41-/m0/s1. The van der Waals surface area contributed by atoms with Gasteiger partial charge in [0.2, 0.25) is 0 Å². The van der Waals surface area contributed by atoms with Gasteiger partial charge in [0, 0.05) is 29.3 Å². The Morgan fingerprint density at radius 3 is 2.19 bits per heavy atom. The molecule has 1 amide bonds. The van der Waals surface area contributed by atoms with Gasteiger partial charge in [0.05, 0.1) is 18.4 Å². The van der Waals surface area contributed by atoms with Gasteiger partial charge < -0.3 is 29.6 Å². The SMILES string of the molecule is CCCC/C(=C/C(=O)c1ccc(C(=O)OCCOc2ccc3ccccc3c2N=Nc2ccccc2)cc1)NCCCC[C@H](NC(=O)OCc1ccccc1)C(=O)OC. The number of hydrogen-bond acceptors (Lipinski definition) is 11. The molecule has 0 aliphatic heterocycles. The minimum atomic E-state index is -0.847. The molecule has 1 atom stereocenters. The molecule has 0 saturated carbocycles. The van der Waals surface area contributed by atoms with Crippen molar-refractivity contribution in [3.8, 4) is 5.75 Å². The summed E-state index contributed by atoms with van der Waals surface area (Å²) in [5.74, 6) is -0.769. The third kappa shape index (κ3) is 14.0. The van der Waals surface area contributed by atoms with E-state index in [2.05, 4.69) is 27.8 Å². The number of nitrogens with one attached hydrogen (secondary N) is 2. The number of carbonyl (C=O) groups is 4. The van der Waals surface area contributed by atoms with Crippen LogP contribution in [-0.2, 0) is 25.6 Å². The first kappa shape index (κ1) is 43.3. The first-order chi connectivity index (χ1) is 28.8. The number of fused-ring (bicyclic) bond motifs is 1. The van der Waals surface area contributed by atoms with Crippen molar-refractivity contribution in [2.75, 3.05) is 26.9 Å². The number of esters is 2. The van der Waals surface area contributed by atoms with Crippen LogP contribution >= 0.6 is 0 Å². The molecule has 5 rings (SSSR count). The predicted molar refractivity (Wildman–Crippen MR) is 226 cm³/mol. The van der Waals surface area contributed by atoms with Gasteiger partial charge in [-0.2, -0.15) is 5.11 Å². The normalized spacial score (nSPS) is 11.8. The quantitative estimate of drug-likeness (QED) is 0.0174. The first-order valence-corrected chi connectivity index (χ1v) is 19.8. The Kier molecular flexibility index (Phi) is 17.2. The molecule has 0 radical (unpaired) electrons. The van der Waals surface area contributed by atoms with Gasteiger partial charge in [0.1, 0.15) is 37.3 Å². The molecular weight excluding hydrogens is 749 g/mol. The maximum Gasteiger partial charge on any atom is 0.408 e. The van der Waals surface area contributed by atoms with Crippen LogP contribution < -0.4 is 15.4 Å². The summed E-state index contributed by atoms with van der Waals surface area (Å²) in [6.45, 7) is 2.82. The lowest BCUT2D eigenvalue weighted by Crippen LogP contribution is -2.41. The molecule has 5 aromatic carbocycles. The zero-order chi connectivity index (χ0) is 41.7. The molecule has 0 spiro atoms. The molecule has 0 bridgehead atoms. The highest BCUT2D eigenvalue weighted by molar-refractivity contribution is 6.05. The minimum absolute atomic E-state index is 0.00202. The third-order valence-electron chi connectivity index (χ3n) is 9.23. The molecule has 0 aromatic heterocycles. The van der Waals surface area contributed by atoms with E-state index in [0.29, 0.717) is 60.5 Å². The van der Waals surface area contributed by atoms with Crippen LogP contribution in [0.1, 0.15) is 71.7 Å². The van der Waals surface area contributed by atoms with Crippen LogP contribution in [0.2, 0.25) is 0 Å². The number of methoxy groups -OCH3 is 1. The van der Waals surface area contributed by atoms with Crippen molar-refractivity contribution in [3.05, 3.63) is 150 Å². The van der Waals surface area contributed by atoms with Gasteiger partial charge in [-0.25, -0.2) is 14.4 Å². The second-order valence-electron chi connectivity index (χ2n) is 13.6. The summed E-state index contributed by atoms with van der Waals surface area (Å²) in [6.07, 6.45) is 5.05. The fraction of sp³-hybridized carbons (Fsp3) is 0.277. The smallest absolute Gasteiger partial charge is 0.408 e. The minimum Gasteiger partial charge on any atom is -0.488 e. The van der Waals surface area contributed by atoms with E-state index in [1.165, 1.54) is 7.11 Å². The summed E-state index contributed by atoms with van der Waals surface area (Å²) >= 11 is 0. The summed E-state index contributed by atoms with van der Waals surface area (Å²) in [4.78, 5) is 50.8. The van der Waals surface area contributed by atoms with Gasteiger partial charge in [0.15, 0.2) is 5.78 Å². The van der Waals surface area contributed by atoms with Crippen LogP contribution in [0.15, 0.2) is 143 Å². The van der Waals surface area contributed by atoms with Crippen molar-refractivity contribution in [1.29, 1.82) is 0 Å². The van der Waals surface area contributed by atoms with Crippen LogP contribution in [0.4, 0.5) is 16.2 Å². The number of ether oxygens (including phenoxy) is 4. The molecule has 5 aromatic rings. The predicted octanol–water partition coefficient (Wildman–Crippen LogP) is 9.98. The molecule has 306 valence electrons. The number of amides is 1. The number of nitrogens with zero attached hydrogens (tertiary/aromatic N) is 2. The molecule has 0 aliphatic carbocycles. The summed E-state index contributed by atoms with van der Waals surface area (Å²) in [5.41, 5.74) is 3.66. The van der Waals surface area contributed by atoms with Gasteiger partial charge in [-0.3, -0.25) is 4.79 Å². The fourth-order valence-electron chi connectivity index (χ4n) is 6.04. The zero-order valence-electron chi connectivity index (χ0n) is 33.4. The molecular formula is C47H50N4O8. The van der Waals surface area contributed by atoms with Crippen LogP contribution in [0.3, 0.4) is 0 Å². The van der Waals surface area contributed by atoms with E-state index in [0.717, 1.165) is 34.9 Å². The molecule has 0 aliphatic rings. The van der Waals surface area contributed by atoms with Gasteiger partial charge in [-0.1, -0.05) is 104 Å². The number of benzene rings is 5. The second kappa shape index (κ2) is 23.4. The number of unbranched alkanes of at least 4 members (excludes halogenated alkanes) is 2. The summed E-state index contributed by atoms with van der Waals surface area (Å²) in [6, 6.07) is 35.8. The number of alkyl carbamates (subject to hydrolysis) is 1. The zero-order valence-corrected chi connectivity index (χ0v) is 33.4. The van der Waals surface area contributed by atoms with Crippen molar-refractivity contribution >= 4 is 46.0 Å². The van der Waals surface area contributed by atoms with E-state index >= 15 is 0 Å². The number of carbonyl (C=O) groups excluding carboxylic acids is 4. The van der Waals surface area contributed by atoms with Crippen LogP contribution in [0, 0.1) is 0 Å². The first-order valence-electron chi connectivity index (χ1n) is 19.8. The Hall–Kier alpha value is -6.82. The number of allylic oxidation sites excluding steroid dienone is 2. The highest BCUT2D eigenvalue weighted by Gasteiger charge is 2.22. The van der Waals surface area contributed by atoms with Gasteiger partial charge in [0.25, 0.3) is 0 Å². The van der Waals surface area contributed by atoms with Crippen LogP contribution in [0.25, 0.3) is 10.8 Å². The Labute approximate surface area is 344 Å². The molecule has 0 fully saturated rings. The van der Waals surface area contributed by atoms with Crippen molar-refractivity contribution in [1.82, 2.24) is 10.6 Å². The van der Waals surface area contributed by atoms with E-state index in [1.54, 1.807) is 30.3 Å². The maximum absolute atomic E-state index is 13.2. The lowest BCUT2D eigenvalue weighted by atomic mass is 10.1. The largest absolute Gasteiger partial charge is 0.488 e. The Morgan fingerprint density at radius 2 is 1.44 bits per heavy atom. The van der Waals surface area contributed by atoms with Crippen molar-refractivity contribution < 1.29 is 38.1 Å². The third-order valence-corrected chi connectivity index (χ3v) is 9.23. The lowest BCUT2D eigenvalue weighted by molar-refractivity contribution is -0.143. The van der Waals surface area contributed by atoms with Crippen molar-refractivity contribution in [2.24, 2.45) is 10.2 Å². The summed E-state index contributed by atoms with van der Waals surface area (Å²) in [5, 5.41) is 16.7. The molecule has 0 unspecified atom stereocenters. The number of hydrogen-bond donors (Lipinski definition) is 2. The number of rotatable bonds is 22. The molecule has 0 saturated heterocycles. The molecule has 59 heavy (non-hydrogen) atoms. The molecule has 12 heteroatoms. The monoisotopic (exact) mass is 798 g/mol. The van der Waals surface area contributed by atoms with Gasteiger partial charge >= 0.3 is 18.0 Å². The fourth-order valence-corrected chi connectivity index (χ4v) is 6.04. The van der Waals surface area contributed by atoms with E-state index in [-0.39, 0.29) is 25.6 Å². The average Bonchev–Trinajstić information content (AvgIpc) is 3.28. The van der Waals surface area contributed by atoms with E-state index in [9.17, 15) is 19.2 Å². The van der Waals surface area contributed by atoms with Gasteiger partial charge in [-0.05, 0) is 73.4 Å². The second-order valence-corrected chi connectivity index (χ2v) is 13.6. The lowest BCUT2D eigenvalue weighted by Gasteiger charge is -2.17. The Balaban J connectivity index is 1.08. The van der Waals surface area contributed by atoms with Crippen LogP contribution in [-0.4, -0.2) is 56.7 Å². The number of ketones is 1. The number of azo groups is 1. The topological polar surface area (TPSA) is 154 Å². The maximum atomic E-state index is 13.2. The molecule has 2 N–H and O–H groups in total. The highest BCUT2D eigenvalue weighted by atomic mass is 16.6. The van der Waals surface area contributed by atoms with E-state index < -0.39 is 24.1 Å². The average molecular weight is 799 g/mol. The summed E-state index contributed by atoms with van der Waals surface area (Å²) in [7, 11) is 1.28. The van der Waals surface area contributed by atoms with Crippen LogP contribution in [0.5, 0.6) is 5.75 Å². The van der Waals surface area contributed by atoms with Gasteiger partial charge in [-0.15, -0.1) is 5.11 Å². The molecule has 0 heterocycles. The van der Waals surface area contributed by atoms with E-state index in [4.69, 9.17) is 18.9 Å². The van der Waals surface area contributed by atoms with Crippen molar-refractivity contribution in [2.45, 2.75) is 58.1 Å². The van der Waals surface area contributed by atoms with E-state index in [1.807, 2.05) is 97.1 Å². The Morgan fingerprint density at radius 1 is 0.729 bits per heavy atom.